The zero-order chi connectivity index (χ0) is 13.9. The third-order valence-corrected chi connectivity index (χ3v) is 5.55. The van der Waals surface area contributed by atoms with Crippen molar-refractivity contribution in [1.82, 2.24) is 5.32 Å². The predicted octanol–water partition coefficient (Wildman–Crippen LogP) is 0.919. The minimum Gasteiger partial charge on any atom is -0.396 e. The molecule has 0 spiro atoms. The van der Waals surface area contributed by atoms with E-state index in [0.717, 1.165) is 19.3 Å². The van der Waals surface area contributed by atoms with Gasteiger partial charge in [0.05, 0.1) is 10.6 Å². The van der Waals surface area contributed by atoms with Gasteiger partial charge in [-0.05, 0) is 56.0 Å². The number of aliphatic hydroxyl groups is 1. The van der Waals surface area contributed by atoms with Gasteiger partial charge in [0.15, 0.2) is 9.84 Å². The number of aryl methyl sites for hydroxylation is 2. The number of hydrogen-bond donors (Lipinski definition) is 2. The standard InChI is InChI=1S/C14H21NO3S/c1-15-13(7-8-16)10-19(17,18)14-6-5-11-3-2-4-12(11)9-14/h5-6,9,13,15-16H,2-4,7-8,10H2,1H3. The third kappa shape index (κ3) is 3.35. The van der Waals surface area contributed by atoms with Crippen LogP contribution >= 0.6 is 0 Å². The van der Waals surface area contributed by atoms with Crippen molar-refractivity contribution < 1.29 is 13.5 Å². The second kappa shape index (κ2) is 6.03. The summed E-state index contributed by atoms with van der Waals surface area (Å²) in [7, 11) is -1.57. The molecular formula is C14H21NO3S. The van der Waals surface area contributed by atoms with Crippen molar-refractivity contribution in [2.45, 2.75) is 36.6 Å². The minimum absolute atomic E-state index is 0.00872. The molecule has 2 N–H and O–H groups in total. The lowest BCUT2D eigenvalue weighted by Gasteiger charge is -2.15. The van der Waals surface area contributed by atoms with Gasteiger partial charge in [0.25, 0.3) is 0 Å². The fourth-order valence-corrected chi connectivity index (χ4v) is 4.22. The van der Waals surface area contributed by atoms with Crippen LogP contribution in [0.4, 0.5) is 0 Å². The Labute approximate surface area is 114 Å². The molecule has 106 valence electrons. The van der Waals surface area contributed by atoms with Crippen molar-refractivity contribution in [2.75, 3.05) is 19.4 Å². The molecule has 0 aromatic heterocycles. The summed E-state index contributed by atoms with van der Waals surface area (Å²) in [4.78, 5) is 0.409. The topological polar surface area (TPSA) is 66.4 Å². The van der Waals surface area contributed by atoms with Crippen molar-refractivity contribution in [3.8, 4) is 0 Å². The fraction of sp³-hybridized carbons (Fsp3) is 0.571. The average Bonchev–Trinajstić information content (AvgIpc) is 2.85. The lowest BCUT2D eigenvalue weighted by atomic mass is 10.1. The van der Waals surface area contributed by atoms with Crippen LogP contribution in [0.5, 0.6) is 0 Å². The van der Waals surface area contributed by atoms with E-state index in [2.05, 4.69) is 5.32 Å². The van der Waals surface area contributed by atoms with Gasteiger partial charge < -0.3 is 10.4 Å². The molecule has 0 saturated carbocycles. The van der Waals surface area contributed by atoms with Crippen LogP contribution in [0.15, 0.2) is 23.1 Å². The number of sulfone groups is 1. The molecule has 1 aromatic rings. The molecule has 1 aromatic carbocycles. The Morgan fingerprint density at radius 3 is 2.74 bits per heavy atom. The molecule has 0 fully saturated rings. The van der Waals surface area contributed by atoms with Gasteiger partial charge in [-0.1, -0.05) is 6.07 Å². The van der Waals surface area contributed by atoms with E-state index in [0.29, 0.717) is 11.3 Å². The Bertz CT molecular complexity index is 540. The summed E-state index contributed by atoms with van der Waals surface area (Å²) in [6.45, 7) is -0.00872. The molecule has 19 heavy (non-hydrogen) atoms. The van der Waals surface area contributed by atoms with Crippen molar-refractivity contribution in [2.24, 2.45) is 0 Å². The first-order valence-corrected chi connectivity index (χ1v) is 8.34. The Hall–Kier alpha value is -0.910. The maximum Gasteiger partial charge on any atom is 0.179 e. The molecule has 4 nitrogen and oxygen atoms in total. The van der Waals surface area contributed by atoms with E-state index in [9.17, 15) is 8.42 Å². The van der Waals surface area contributed by atoms with Crippen molar-refractivity contribution >= 4 is 9.84 Å². The summed E-state index contributed by atoms with van der Waals surface area (Å²) >= 11 is 0. The number of nitrogens with one attached hydrogen (secondary N) is 1. The van der Waals surface area contributed by atoms with E-state index >= 15 is 0 Å². The zero-order valence-electron chi connectivity index (χ0n) is 11.2. The van der Waals surface area contributed by atoms with Crippen molar-refractivity contribution in [3.63, 3.8) is 0 Å². The van der Waals surface area contributed by atoms with E-state index < -0.39 is 9.84 Å². The highest BCUT2D eigenvalue weighted by Crippen LogP contribution is 2.25. The fourth-order valence-electron chi connectivity index (χ4n) is 2.57. The molecule has 1 atom stereocenters. The number of hydrogen-bond acceptors (Lipinski definition) is 4. The first kappa shape index (κ1) is 14.5. The summed E-state index contributed by atoms with van der Waals surface area (Å²) in [6, 6.07) is 5.27. The van der Waals surface area contributed by atoms with Crippen LogP contribution in [-0.4, -0.2) is 39.0 Å². The summed E-state index contributed by atoms with van der Waals surface area (Å²) in [6.07, 6.45) is 3.59. The molecule has 0 radical (unpaired) electrons. The normalized spacial score (nSPS) is 16.3. The van der Waals surface area contributed by atoms with Gasteiger partial charge in [-0.2, -0.15) is 0 Å². The Kier molecular flexibility index (Phi) is 4.60. The van der Waals surface area contributed by atoms with E-state index in [-0.39, 0.29) is 18.4 Å². The molecule has 2 rings (SSSR count). The monoisotopic (exact) mass is 283 g/mol. The first-order valence-electron chi connectivity index (χ1n) is 6.69. The highest BCUT2D eigenvalue weighted by molar-refractivity contribution is 7.91. The SMILES string of the molecule is CNC(CCO)CS(=O)(=O)c1ccc2c(c1)CCC2. The molecule has 1 aliphatic rings. The highest BCUT2D eigenvalue weighted by Gasteiger charge is 2.22. The zero-order valence-corrected chi connectivity index (χ0v) is 12.0. The van der Waals surface area contributed by atoms with Crippen LogP contribution in [0, 0.1) is 0 Å². The van der Waals surface area contributed by atoms with Crippen LogP contribution in [0.1, 0.15) is 24.0 Å². The molecular weight excluding hydrogens is 262 g/mol. The number of aliphatic hydroxyl groups excluding tert-OH is 1. The van der Waals surface area contributed by atoms with Gasteiger partial charge in [0, 0.05) is 12.6 Å². The van der Waals surface area contributed by atoms with Gasteiger partial charge >= 0.3 is 0 Å². The molecule has 0 aliphatic heterocycles. The van der Waals surface area contributed by atoms with E-state index in [1.807, 2.05) is 12.1 Å². The Balaban J connectivity index is 2.19. The minimum atomic E-state index is -3.29. The largest absolute Gasteiger partial charge is 0.396 e. The van der Waals surface area contributed by atoms with Crippen LogP contribution in [0.25, 0.3) is 0 Å². The van der Waals surface area contributed by atoms with Crippen LogP contribution < -0.4 is 5.32 Å². The molecule has 1 aliphatic carbocycles. The van der Waals surface area contributed by atoms with Crippen LogP contribution in [-0.2, 0) is 22.7 Å². The maximum absolute atomic E-state index is 12.4. The number of fused-ring (bicyclic) bond motifs is 1. The number of benzene rings is 1. The molecule has 0 saturated heterocycles. The maximum atomic E-state index is 12.4. The van der Waals surface area contributed by atoms with Crippen LogP contribution in [0.2, 0.25) is 0 Å². The second-order valence-corrected chi connectivity index (χ2v) is 7.10. The van der Waals surface area contributed by atoms with Crippen molar-refractivity contribution in [1.29, 1.82) is 0 Å². The smallest absolute Gasteiger partial charge is 0.179 e. The van der Waals surface area contributed by atoms with Crippen LogP contribution in [0.3, 0.4) is 0 Å². The second-order valence-electron chi connectivity index (χ2n) is 5.06. The summed E-state index contributed by atoms with van der Waals surface area (Å²) < 4.78 is 24.7. The predicted molar refractivity (Wildman–Crippen MR) is 75.1 cm³/mol. The summed E-state index contributed by atoms with van der Waals surface area (Å²) in [5.74, 6) is 0.0306. The third-order valence-electron chi connectivity index (χ3n) is 3.74. The highest BCUT2D eigenvalue weighted by atomic mass is 32.2. The average molecular weight is 283 g/mol. The molecule has 5 heteroatoms. The number of rotatable bonds is 6. The molecule has 0 amide bonds. The van der Waals surface area contributed by atoms with Crippen molar-refractivity contribution in [3.05, 3.63) is 29.3 Å². The van der Waals surface area contributed by atoms with Gasteiger partial charge in [-0.15, -0.1) is 0 Å². The summed E-state index contributed by atoms with van der Waals surface area (Å²) in [5, 5.41) is 11.9. The summed E-state index contributed by atoms with van der Waals surface area (Å²) in [5.41, 5.74) is 2.45. The lowest BCUT2D eigenvalue weighted by Crippen LogP contribution is -2.33. The lowest BCUT2D eigenvalue weighted by molar-refractivity contribution is 0.272. The quantitative estimate of drug-likeness (QED) is 0.815. The van der Waals surface area contributed by atoms with E-state index in [4.69, 9.17) is 5.11 Å². The van der Waals surface area contributed by atoms with E-state index in [1.165, 1.54) is 11.1 Å². The Morgan fingerprint density at radius 1 is 1.32 bits per heavy atom. The van der Waals surface area contributed by atoms with Gasteiger partial charge in [-0.25, -0.2) is 8.42 Å². The molecule has 0 bridgehead atoms. The Morgan fingerprint density at radius 2 is 2.05 bits per heavy atom. The molecule has 0 heterocycles. The van der Waals surface area contributed by atoms with Gasteiger partial charge in [0.1, 0.15) is 0 Å². The van der Waals surface area contributed by atoms with Gasteiger partial charge in [0.2, 0.25) is 0 Å². The molecule has 1 unspecified atom stereocenters. The van der Waals surface area contributed by atoms with E-state index in [1.54, 1.807) is 13.1 Å². The first-order chi connectivity index (χ1) is 9.06. The van der Waals surface area contributed by atoms with Gasteiger partial charge in [-0.3, -0.25) is 0 Å².